The number of aromatic nitrogens is 2. The van der Waals surface area contributed by atoms with Crippen molar-refractivity contribution < 1.29 is 29.0 Å². The second kappa shape index (κ2) is 12.6. The lowest BCUT2D eigenvalue weighted by Gasteiger charge is -2.26. The van der Waals surface area contributed by atoms with Crippen LogP contribution in [0, 0.1) is 17.8 Å². The molecule has 1 N–H and O–H groups in total. The van der Waals surface area contributed by atoms with Gasteiger partial charge in [0.15, 0.2) is 0 Å². The van der Waals surface area contributed by atoms with Crippen LogP contribution in [0.15, 0.2) is 12.5 Å². The average Bonchev–Trinajstić information content (AvgIpc) is 3.19. The quantitative estimate of drug-likeness (QED) is 0.283. The Morgan fingerprint density at radius 3 is 2.44 bits per heavy atom. The van der Waals surface area contributed by atoms with Crippen LogP contribution in [0.5, 0.6) is 0 Å². The summed E-state index contributed by atoms with van der Waals surface area (Å²) in [5.74, 6) is -1.77. The molecule has 180 valence electrons. The van der Waals surface area contributed by atoms with Crippen LogP contribution in [0.2, 0.25) is 0 Å². The summed E-state index contributed by atoms with van der Waals surface area (Å²) in [7, 11) is 0. The topological polar surface area (TPSA) is 108 Å². The Bertz CT molecular complexity index is 751. The van der Waals surface area contributed by atoms with E-state index in [1.54, 1.807) is 13.8 Å². The largest absolute Gasteiger partial charge is 0.481 e. The number of unbranched alkanes of at least 4 members (excludes halogenated alkanes) is 1. The number of carbonyl (C=O) groups is 3. The van der Waals surface area contributed by atoms with Crippen LogP contribution in [0.4, 0.5) is 0 Å². The number of ether oxygens (including phenoxy) is 2. The summed E-state index contributed by atoms with van der Waals surface area (Å²) in [5.41, 5.74) is 0.802. The first kappa shape index (κ1) is 25.9. The highest BCUT2D eigenvalue weighted by Crippen LogP contribution is 2.32. The molecule has 2 atom stereocenters. The van der Waals surface area contributed by atoms with E-state index in [0.29, 0.717) is 31.7 Å². The molecule has 1 aliphatic rings. The molecule has 1 aromatic heterocycles. The maximum atomic E-state index is 11.9. The zero-order chi connectivity index (χ0) is 23.7. The lowest BCUT2D eigenvalue weighted by molar-refractivity contribution is -0.186. The highest BCUT2D eigenvalue weighted by atomic mass is 16.7. The van der Waals surface area contributed by atoms with Crippen LogP contribution in [-0.2, 0) is 30.3 Å². The molecule has 8 nitrogen and oxygen atoms in total. The molecule has 0 aliphatic heterocycles. The van der Waals surface area contributed by atoms with Gasteiger partial charge >= 0.3 is 17.9 Å². The van der Waals surface area contributed by atoms with Crippen LogP contribution in [0.25, 0.3) is 0 Å². The van der Waals surface area contributed by atoms with Gasteiger partial charge in [-0.05, 0) is 44.4 Å². The van der Waals surface area contributed by atoms with Crippen molar-refractivity contribution in [3.63, 3.8) is 0 Å². The fraction of sp³-hybridized carbons (Fsp3) is 0.750. The molecule has 0 bridgehead atoms. The van der Waals surface area contributed by atoms with Gasteiger partial charge in [0.05, 0.1) is 23.9 Å². The summed E-state index contributed by atoms with van der Waals surface area (Å²) < 4.78 is 12.2. The number of hydrogen-bond acceptors (Lipinski definition) is 6. The van der Waals surface area contributed by atoms with Gasteiger partial charge in [0.25, 0.3) is 0 Å². The number of esters is 2. The molecule has 0 aromatic carbocycles. The zero-order valence-corrected chi connectivity index (χ0v) is 19.8. The number of aliphatic carboxylic acids is 1. The first-order valence-corrected chi connectivity index (χ1v) is 11.8. The standard InChI is InChI=1S/C24H38N2O6/c1-16(2)24(30)32-18(4)31-22(27)8-6-5-7-19(23(28)29)13-20-14-26(15-25-20)21-11-9-17(3)10-12-21/h14-19,21H,5-13H2,1-4H3,(H,28,29)/t17?,18-,19-,21?/m0/s1. The zero-order valence-electron chi connectivity index (χ0n) is 19.8. The van der Waals surface area contributed by atoms with Crippen molar-refractivity contribution in [2.45, 2.75) is 97.8 Å². The Kier molecular flexibility index (Phi) is 10.2. The van der Waals surface area contributed by atoms with Crippen molar-refractivity contribution in [3.05, 3.63) is 18.2 Å². The summed E-state index contributed by atoms with van der Waals surface area (Å²) in [6, 6.07) is 0.462. The van der Waals surface area contributed by atoms with Gasteiger partial charge in [-0.1, -0.05) is 27.2 Å². The average molecular weight is 451 g/mol. The third kappa shape index (κ3) is 8.63. The Hall–Kier alpha value is -2.38. The maximum Gasteiger partial charge on any atom is 0.311 e. The summed E-state index contributed by atoms with van der Waals surface area (Å²) in [4.78, 5) is 39.6. The monoisotopic (exact) mass is 450 g/mol. The van der Waals surface area contributed by atoms with Gasteiger partial charge in [0, 0.05) is 32.0 Å². The van der Waals surface area contributed by atoms with E-state index in [1.165, 1.54) is 19.8 Å². The van der Waals surface area contributed by atoms with Gasteiger partial charge in [0.1, 0.15) is 0 Å². The second-order valence-electron chi connectivity index (χ2n) is 9.36. The van der Waals surface area contributed by atoms with E-state index in [4.69, 9.17) is 9.47 Å². The predicted octanol–water partition coefficient (Wildman–Crippen LogP) is 4.53. The second-order valence-corrected chi connectivity index (χ2v) is 9.36. The number of rotatable bonds is 12. The van der Waals surface area contributed by atoms with Crippen LogP contribution in [-0.4, -0.2) is 38.9 Å². The summed E-state index contributed by atoms with van der Waals surface area (Å²) in [6.45, 7) is 7.20. The minimum absolute atomic E-state index is 0.157. The Labute approximate surface area is 190 Å². The predicted molar refractivity (Wildman–Crippen MR) is 119 cm³/mol. The lowest BCUT2D eigenvalue weighted by atomic mass is 9.87. The summed E-state index contributed by atoms with van der Waals surface area (Å²) >= 11 is 0. The molecule has 1 aliphatic carbocycles. The minimum atomic E-state index is -0.924. The van der Waals surface area contributed by atoms with Crippen molar-refractivity contribution >= 4 is 17.9 Å². The molecule has 32 heavy (non-hydrogen) atoms. The van der Waals surface area contributed by atoms with Crippen molar-refractivity contribution in [1.82, 2.24) is 9.55 Å². The van der Waals surface area contributed by atoms with Gasteiger partial charge in [-0.3, -0.25) is 14.4 Å². The van der Waals surface area contributed by atoms with Crippen LogP contribution >= 0.6 is 0 Å². The van der Waals surface area contributed by atoms with E-state index in [-0.39, 0.29) is 12.3 Å². The highest BCUT2D eigenvalue weighted by molar-refractivity contribution is 5.72. The smallest absolute Gasteiger partial charge is 0.311 e. The molecule has 1 saturated carbocycles. The molecule has 1 aromatic rings. The van der Waals surface area contributed by atoms with Gasteiger partial charge in [-0.25, -0.2) is 4.98 Å². The highest BCUT2D eigenvalue weighted by Gasteiger charge is 2.23. The Morgan fingerprint density at radius 2 is 1.81 bits per heavy atom. The maximum absolute atomic E-state index is 11.9. The third-order valence-corrected chi connectivity index (χ3v) is 6.10. The molecule has 0 spiro atoms. The van der Waals surface area contributed by atoms with Gasteiger partial charge in [-0.2, -0.15) is 0 Å². The first-order chi connectivity index (χ1) is 15.2. The molecular weight excluding hydrogens is 412 g/mol. The molecule has 0 amide bonds. The fourth-order valence-electron chi connectivity index (χ4n) is 4.02. The van der Waals surface area contributed by atoms with Crippen molar-refractivity contribution in [1.29, 1.82) is 0 Å². The number of hydrogen-bond donors (Lipinski definition) is 1. The molecule has 0 unspecified atom stereocenters. The number of nitrogens with zero attached hydrogens (tertiary/aromatic N) is 2. The van der Waals surface area contributed by atoms with Crippen LogP contribution in [0.3, 0.4) is 0 Å². The van der Waals surface area contributed by atoms with E-state index < -0.39 is 30.1 Å². The molecular formula is C24H38N2O6. The number of imidazole rings is 1. The minimum Gasteiger partial charge on any atom is -0.481 e. The fourth-order valence-corrected chi connectivity index (χ4v) is 4.02. The van der Waals surface area contributed by atoms with Crippen LogP contribution in [0.1, 0.15) is 90.8 Å². The Morgan fingerprint density at radius 1 is 1.12 bits per heavy atom. The molecule has 1 heterocycles. The molecule has 1 fully saturated rings. The number of carboxylic acids is 1. The van der Waals surface area contributed by atoms with E-state index >= 15 is 0 Å². The van der Waals surface area contributed by atoms with E-state index in [0.717, 1.165) is 24.5 Å². The Balaban J connectivity index is 1.72. The van der Waals surface area contributed by atoms with Gasteiger partial charge < -0.3 is 19.1 Å². The molecule has 0 radical (unpaired) electrons. The lowest BCUT2D eigenvalue weighted by Crippen LogP contribution is -2.24. The SMILES string of the molecule is CC1CCC(n2cnc(C[C@H](CCCCC(=O)O[C@H](C)OC(=O)C(C)C)C(=O)O)c2)CC1. The summed E-state index contributed by atoms with van der Waals surface area (Å²) in [6.07, 6.45) is 9.74. The first-order valence-electron chi connectivity index (χ1n) is 11.8. The van der Waals surface area contributed by atoms with Crippen LogP contribution < -0.4 is 0 Å². The van der Waals surface area contributed by atoms with E-state index in [9.17, 15) is 19.5 Å². The molecule has 0 saturated heterocycles. The summed E-state index contributed by atoms with van der Waals surface area (Å²) in [5, 5.41) is 9.60. The number of carboxylic acid groups (broad SMARTS) is 1. The van der Waals surface area contributed by atoms with Gasteiger partial charge in [-0.15, -0.1) is 0 Å². The van der Waals surface area contributed by atoms with Gasteiger partial charge in [0.2, 0.25) is 6.29 Å². The van der Waals surface area contributed by atoms with E-state index in [1.807, 2.05) is 12.5 Å². The van der Waals surface area contributed by atoms with E-state index in [2.05, 4.69) is 16.5 Å². The van der Waals surface area contributed by atoms with Crippen molar-refractivity contribution in [3.8, 4) is 0 Å². The molecule has 2 rings (SSSR count). The normalized spacial score (nSPS) is 20.5. The third-order valence-electron chi connectivity index (χ3n) is 6.10. The van der Waals surface area contributed by atoms with Crippen molar-refractivity contribution in [2.24, 2.45) is 17.8 Å². The number of carbonyl (C=O) groups excluding carboxylic acids is 2. The van der Waals surface area contributed by atoms with Crippen molar-refractivity contribution in [2.75, 3.05) is 0 Å². The molecule has 8 heteroatoms.